The fourth-order valence-electron chi connectivity index (χ4n) is 2.10. The maximum atomic E-state index is 13.6. The first-order chi connectivity index (χ1) is 9.99. The summed E-state index contributed by atoms with van der Waals surface area (Å²) in [6.45, 7) is 0. The van der Waals surface area contributed by atoms with Crippen molar-refractivity contribution in [2.45, 2.75) is 18.9 Å². The summed E-state index contributed by atoms with van der Waals surface area (Å²) in [5.74, 6) is 3.79. The molecule has 0 bridgehead atoms. The van der Waals surface area contributed by atoms with Crippen molar-refractivity contribution >= 4 is 11.6 Å². The molecule has 2 nitrogen and oxygen atoms in total. The minimum Gasteiger partial charge on any atom is -0.271 e. The number of nitrogens with one attached hydrogen (secondary N) is 1. The average molecular weight is 315 g/mol. The van der Waals surface area contributed by atoms with Gasteiger partial charge in [0.15, 0.2) is 0 Å². The Morgan fingerprint density at radius 2 is 1.52 bits per heavy atom. The molecule has 0 spiro atoms. The summed E-state index contributed by atoms with van der Waals surface area (Å²) < 4.78 is 39.5. The maximum Gasteiger partial charge on any atom is 0.129 e. The van der Waals surface area contributed by atoms with Crippen LogP contribution in [0.15, 0.2) is 36.4 Å². The average Bonchev–Trinajstić information content (AvgIpc) is 2.43. The van der Waals surface area contributed by atoms with Crippen LogP contribution in [0.25, 0.3) is 0 Å². The van der Waals surface area contributed by atoms with Gasteiger partial charge in [-0.25, -0.2) is 13.2 Å². The third-order valence-corrected chi connectivity index (χ3v) is 3.55. The van der Waals surface area contributed by atoms with Crippen LogP contribution in [0.3, 0.4) is 0 Å². The van der Waals surface area contributed by atoms with Crippen molar-refractivity contribution in [1.29, 1.82) is 0 Å². The molecule has 112 valence electrons. The molecule has 0 saturated carbocycles. The Morgan fingerprint density at radius 3 is 2.10 bits per heavy atom. The van der Waals surface area contributed by atoms with E-state index in [0.717, 1.165) is 6.07 Å². The zero-order valence-corrected chi connectivity index (χ0v) is 11.8. The van der Waals surface area contributed by atoms with Crippen LogP contribution in [0.1, 0.15) is 11.1 Å². The molecule has 0 aromatic heterocycles. The standard InChI is InChI=1S/C15H14ClF3N2/c16-14-7-11(17)3-1-9(14)5-13(21-20)6-10-2-4-12(18)8-15(10)19/h1-4,7-8,13,21H,5-6,20H2. The third kappa shape index (κ3) is 4.20. The molecule has 0 heterocycles. The number of benzene rings is 2. The predicted octanol–water partition coefficient (Wildman–Crippen LogP) is 3.37. The van der Waals surface area contributed by atoms with Crippen LogP contribution in [-0.2, 0) is 12.8 Å². The van der Waals surface area contributed by atoms with Crippen LogP contribution in [0.2, 0.25) is 5.02 Å². The monoisotopic (exact) mass is 314 g/mol. The molecule has 2 aromatic carbocycles. The van der Waals surface area contributed by atoms with E-state index in [1.54, 1.807) is 6.07 Å². The van der Waals surface area contributed by atoms with Crippen molar-refractivity contribution in [3.63, 3.8) is 0 Å². The van der Waals surface area contributed by atoms with Gasteiger partial charge < -0.3 is 0 Å². The third-order valence-electron chi connectivity index (χ3n) is 3.20. The molecule has 3 N–H and O–H groups in total. The number of hydrogen-bond acceptors (Lipinski definition) is 2. The van der Waals surface area contributed by atoms with E-state index in [4.69, 9.17) is 17.4 Å². The van der Waals surface area contributed by atoms with Crippen molar-refractivity contribution in [1.82, 2.24) is 5.43 Å². The lowest BCUT2D eigenvalue weighted by atomic mass is 9.99. The van der Waals surface area contributed by atoms with Gasteiger partial charge in [0.25, 0.3) is 0 Å². The van der Waals surface area contributed by atoms with Crippen LogP contribution in [0.4, 0.5) is 13.2 Å². The van der Waals surface area contributed by atoms with Gasteiger partial charge in [0, 0.05) is 17.1 Å². The first-order valence-corrected chi connectivity index (χ1v) is 6.71. The number of halogens is 4. The molecule has 0 aliphatic carbocycles. The molecule has 0 aliphatic rings. The van der Waals surface area contributed by atoms with Crippen LogP contribution in [0, 0.1) is 17.5 Å². The molecule has 0 aliphatic heterocycles. The molecular weight excluding hydrogens is 301 g/mol. The first-order valence-electron chi connectivity index (χ1n) is 6.33. The van der Waals surface area contributed by atoms with E-state index < -0.39 is 17.5 Å². The molecule has 2 aromatic rings. The molecule has 0 radical (unpaired) electrons. The number of hydrogen-bond donors (Lipinski definition) is 2. The van der Waals surface area contributed by atoms with Crippen molar-refractivity contribution in [3.8, 4) is 0 Å². The molecule has 0 fully saturated rings. The molecule has 2 rings (SSSR count). The largest absolute Gasteiger partial charge is 0.271 e. The summed E-state index contributed by atoms with van der Waals surface area (Å²) in [4.78, 5) is 0. The van der Waals surface area contributed by atoms with E-state index in [0.29, 0.717) is 17.5 Å². The van der Waals surface area contributed by atoms with E-state index in [1.807, 2.05) is 0 Å². The van der Waals surface area contributed by atoms with Gasteiger partial charge in [-0.2, -0.15) is 0 Å². The topological polar surface area (TPSA) is 38.0 Å². The smallest absolute Gasteiger partial charge is 0.129 e. The van der Waals surface area contributed by atoms with Gasteiger partial charge in [0.2, 0.25) is 0 Å². The second-order valence-electron chi connectivity index (χ2n) is 4.74. The molecule has 0 amide bonds. The van der Waals surface area contributed by atoms with E-state index >= 15 is 0 Å². The Balaban J connectivity index is 2.13. The van der Waals surface area contributed by atoms with Gasteiger partial charge in [-0.3, -0.25) is 11.3 Å². The Kier molecular flexibility index (Phi) is 5.22. The highest BCUT2D eigenvalue weighted by molar-refractivity contribution is 6.31. The van der Waals surface area contributed by atoms with E-state index in [-0.39, 0.29) is 17.5 Å². The van der Waals surface area contributed by atoms with E-state index in [1.165, 1.54) is 24.3 Å². The summed E-state index contributed by atoms with van der Waals surface area (Å²) in [5, 5.41) is 0.287. The van der Waals surface area contributed by atoms with E-state index in [9.17, 15) is 13.2 Å². The van der Waals surface area contributed by atoms with Crippen molar-refractivity contribution in [2.24, 2.45) is 5.84 Å². The quantitative estimate of drug-likeness (QED) is 0.656. The van der Waals surface area contributed by atoms with Gasteiger partial charge in [-0.15, -0.1) is 0 Å². The lowest BCUT2D eigenvalue weighted by molar-refractivity contribution is 0.502. The van der Waals surface area contributed by atoms with Gasteiger partial charge in [-0.05, 0) is 42.2 Å². The Hall–Kier alpha value is -1.56. The summed E-state index contributed by atoms with van der Waals surface area (Å²) in [6.07, 6.45) is 0.656. The van der Waals surface area contributed by atoms with Gasteiger partial charge in [0.05, 0.1) is 0 Å². The van der Waals surface area contributed by atoms with Crippen LogP contribution >= 0.6 is 11.6 Å². The van der Waals surface area contributed by atoms with Gasteiger partial charge in [-0.1, -0.05) is 23.7 Å². The van der Waals surface area contributed by atoms with E-state index in [2.05, 4.69) is 5.43 Å². The number of nitrogens with two attached hydrogens (primary N) is 1. The highest BCUT2D eigenvalue weighted by atomic mass is 35.5. The molecule has 21 heavy (non-hydrogen) atoms. The van der Waals surface area contributed by atoms with Crippen LogP contribution in [0.5, 0.6) is 0 Å². The summed E-state index contributed by atoms with van der Waals surface area (Å²) in [7, 11) is 0. The minimum absolute atomic E-state index is 0.260. The van der Waals surface area contributed by atoms with Gasteiger partial charge >= 0.3 is 0 Å². The zero-order chi connectivity index (χ0) is 15.4. The molecule has 0 saturated heterocycles. The maximum absolute atomic E-state index is 13.6. The van der Waals surface area contributed by atoms with Crippen molar-refractivity contribution < 1.29 is 13.2 Å². The fourth-order valence-corrected chi connectivity index (χ4v) is 2.34. The second-order valence-corrected chi connectivity index (χ2v) is 5.15. The molecule has 1 atom stereocenters. The molecular formula is C15H14ClF3N2. The van der Waals surface area contributed by atoms with Crippen molar-refractivity contribution in [2.75, 3.05) is 0 Å². The summed E-state index contributed by atoms with van der Waals surface area (Å²) in [5.41, 5.74) is 3.61. The molecule has 6 heteroatoms. The lowest BCUT2D eigenvalue weighted by Gasteiger charge is -2.17. The van der Waals surface area contributed by atoms with Crippen molar-refractivity contribution in [3.05, 3.63) is 70.0 Å². The summed E-state index contributed by atoms with van der Waals surface area (Å²) >= 11 is 5.95. The highest BCUT2D eigenvalue weighted by Crippen LogP contribution is 2.20. The van der Waals surface area contributed by atoms with Crippen LogP contribution in [-0.4, -0.2) is 6.04 Å². The number of hydrazine groups is 1. The zero-order valence-electron chi connectivity index (χ0n) is 11.0. The lowest BCUT2D eigenvalue weighted by Crippen LogP contribution is -2.38. The normalized spacial score (nSPS) is 12.4. The Labute approximate surface area is 125 Å². The minimum atomic E-state index is -0.630. The Morgan fingerprint density at radius 1 is 0.952 bits per heavy atom. The first kappa shape index (κ1) is 15.8. The highest BCUT2D eigenvalue weighted by Gasteiger charge is 2.14. The SMILES string of the molecule is NNC(Cc1ccc(F)cc1F)Cc1ccc(F)cc1Cl. The second kappa shape index (κ2) is 6.93. The van der Waals surface area contributed by atoms with Gasteiger partial charge in [0.1, 0.15) is 17.5 Å². The number of rotatable bonds is 5. The predicted molar refractivity (Wildman–Crippen MR) is 76.3 cm³/mol. The van der Waals surface area contributed by atoms with Crippen LogP contribution < -0.4 is 11.3 Å². The Bertz CT molecular complexity index is 581. The fraction of sp³-hybridized carbons (Fsp3) is 0.200. The molecule has 1 unspecified atom stereocenters. The summed E-state index contributed by atoms with van der Waals surface area (Å²) in [6, 6.07) is 7.15.